The van der Waals surface area contributed by atoms with Crippen LogP contribution in [0.25, 0.3) is 0 Å². The van der Waals surface area contributed by atoms with E-state index in [4.69, 9.17) is 39.6 Å². The molecule has 4 heterocycles. The van der Waals surface area contributed by atoms with Crippen molar-refractivity contribution in [2.75, 3.05) is 62.2 Å². The lowest BCUT2D eigenvalue weighted by molar-refractivity contribution is -0.270. The zero-order chi connectivity index (χ0) is 55.5. The minimum atomic E-state index is -1.86. The number of benzene rings is 1. The molecule has 424 valence electrons. The number of hydrazine groups is 2. The molecule has 0 amide bonds. The Bertz CT molecular complexity index is 2140. The number of terminal acetylenes is 1. The van der Waals surface area contributed by atoms with Crippen molar-refractivity contribution in [3.05, 3.63) is 47.3 Å². The highest BCUT2D eigenvalue weighted by Gasteiger charge is 2.64. The number of nitrogens with one attached hydrogen (secondary N) is 1. The van der Waals surface area contributed by atoms with Gasteiger partial charge in [-0.1, -0.05) is 45.7 Å². The summed E-state index contributed by atoms with van der Waals surface area (Å²) in [6.07, 6.45) is 6.54. The van der Waals surface area contributed by atoms with Gasteiger partial charge in [-0.15, -0.1) is 11.5 Å². The van der Waals surface area contributed by atoms with E-state index in [0.29, 0.717) is 49.9 Å². The van der Waals surface area contributed by atoms with Gasteiger partial charge in [-0.05, 0) is 110 Å². The van der Waals surface area contributed by atoms with Gasteiger partial charge < -0.3 is 63.7 Å². The van der Waals surface area contributed by atoms with E-state index in [-0.39, 0.29) is 36.9 Å². The van der Waals surface area contributed by atoms with Gasteiger partial charge in [0, 0.05) is 88.9 Å². The first-order chi connectivity index (χ1) is 35.3. The third-order valence-corrected chi connectivity index (χ3v) is 18.3. The van der Waals surface area contributed by atoms with Crippen molar-refractivity contribution < 1.29 is 62.5 Å². The number of rotatable bonds is 15. The van der Waals surface area contributed by atoms with Gasteiger partial charge in [-0.25, -0.2) is 9.18 Å². The molecule has 1 aromatic rings. The number of nitrogens with zero attached hydrogens (tertiary/aromatic N) is 4. The molecule has 1 saturated carbocycles. The minimum absolute atomic E-state index is 0.0193. The summed E-state index contributed by atoms with van der Waals surface area (Å²) in [7, 11) is 10.3. The van der Waals surface area contributed by atoms with E-state index in [1.807, 2.05) is 54.9 Å². The third kappa shape index (κ3) is 12.7. The number of esters is 2. The summed E-state index contributed by atoms with van der Waals surface area (Å²) in [5.74, 6) is -0.535. The number of carbonyl (C=O) groups excluding carboxylic acids is 2. The maximum absolute atomic E-state index is 15.0. The summed E-state index contributed by atoms with van der Waals surface area (Å²) in [5.41, 5.74) is 0.585. The molecule has 18 heteroatoms. The van der Waals surface area contributed by atoms with Crippen molar-refractivity contribution in [2.45, 2.75) is 198 Å². The molecule has 1 spiro atoms. The van der Waals surface area contributed by atoms with Crippen LogP contribution in [-0.2, 0) is 38.0 Å². The van der Waals surface area contributed by atoms with E-state index in [1.54, 1.807) is 55.3 Å². The van der Waals surface area contributed by atoms with Crippen LogP contribution in [0.4, 0.5) is 4.39 Å². The molecule has 75 heavy (non-hydrogen) atoms. The number of alkyl halides is 1. The fraction of sp³-hybridized carbons (Fsp3) is 0.789. The number of hydrogen-bond acceptors (Lipinski definition) is 17. The number of aliphatic hydroxyl groups excluding tert-OH is 1. The van der Waals surface area contributed by atoms with Crippen LogP contribution in [0.2, 0.25) is 0 Å². The first-order valence-electron chi connectivity index (χ1n) is 27.3. The first kappa shape index (κ1) is 60.8. The van der Waals surface area contributed by atoms with Gasteiger partial charge >= 0.3 is 11.9 Å². The van der Waals surface area contributed by atoms with Gasteiger partial charge in [0.1, 0.15) is 42.7 Å². The van der Waals surface area contributed by atoms with Crippen LogP contribution in [-0.4, -0.2) is 187 Å². The van der Waals surface area contributed by atoms with Gasteiger partial charge in [0.15, 0.2) is 11.9 Å². The largest absolute Gasteiger partial charge is 0.465 e. The van der Waals surface area contributed by atoms with Crippen molar-refractivity contribution in [3.8, 4) is 12.3 Å². The Hall–Kier alpha value is -3.45. The second kappa shape index (κ2) is 24.7. The summed E-state index contributed by atoms with van der Waals surface area (Å²) in [5, 5.41) is 40.6. The summed E-state index contributed by atoms with van der Waals surface area (Å²) < 4.78 is 58.7. The highest BCUT2D eigenvalue weighted by Crippen LogP contribution is 2.60. The van der Waals surface area contributed by atoms with E-state index in [9.17, 15) is 24.9 Å². The second-order valence-electron chi connectivity index (χ2n) is 23.4. The van der Waals surface area contributed by atoms with Gasteiger partial charge in [-0.2, -0.15) is 0 Å². The Balaban J connectivity index is 1.28. The summed E-state index contributed by atoms with van der Waals surface area (Å²) >= 11 is 0. The Morgan fingerprint density at radius 3 is 2.27 bits per heavy atom. The molecule has 17 nitrogen and oxygen atoms in total. The number of methoxy groups -OCH3 is 3. The highest BCUT2D eigenvalue weighted by atomic mass is 19.1. The molecule has 1 unspecified atom stereocenters. The van der Waals surface area contributed by atoms with Crippen LogP contribution in [0.15, 0.2) is 36.2 Å². The number of aliphatic hydroxyl groups is 3. The van der Waals surface area contributed by atoms with Crippen LogP contribution in [0.5, 0.6) is 0 Å². The Morgan fingerprint density at radius 1 is 1.03 bits per heavy atom. The molecule has 0 radical (unpaired) electrons. The Labute approximate surface area is 447 Å². The molecule has 1 aromatic carbocycles. The molecule has 4 fully saturated rings. The van der Waals surface area contributed by atoms with Crippen LogP contribution in [0.1, 0.15) is 136 Å². The zero-order valence-electron chi connectivity index (χ0n) is 47.6. The standard InChI is InChI=1S/C57H92FN5O12/c1-17-46-55(10,67)56(24-25-56)39(8)61(12)32-34(3)29-57(68,18-2)51(36(5)48(37(6)52(65)74-46)45-30-54(9,71-16)50(64)38(7)73-45)75-47-28-43(27-35(4)72-47)60(11)26-23-42-33-63(62(13)59-42)44(31-58)49(69-14)40-19-21-41(22-20-40)53(66)70-15/h2,19-22,33-39,43-51,59,64,67-68H,17,23-32H2,1,3-16H3/t34-,35-,36+,37-,38+,39-,43+,44-,45?,46-,47+,48+,49-,50+,51-,54-,55-,57-/m1/s1. The number of halogens is 1. The van der Waals surface area contributed by atoms with Gasteiger partial charge in [-0.3, -0.25) is 9.80 Å². The quantitative estimate of drug-likeness (QED) is 0.118. The molecule has 3 saturated heterocycles. The van der Waals surface area contributed by atoms with E-state index in [2.05, 4.69) is 42.0 Å². The molecule has 1 aliphatic carbocycles. The maximum Gasteiger partial charge on any atom is 0.337 e. The average Bonchev–Trinajstić information content (AvgIpc) is 4.13. The van der Waals surface area contributed by atoms with Gasteiger partial charge in [0.2, 0.25) is 0 Å². The number of ether oxygens (including phenoxy) is 7. The fourth-order valence-electron chi connectivity index (χ4n) is 13.4. The van der Waals surface area contributed by atoms with Crippen LogP contribution in [0, 0.1) is 41.4 Å². The molecule has 18 atom stereocenters. The van der Waals surface area contributed by atoms with Crippen molar-refractivity contribution >= 4 is 11.9 Å². The molecular formula is C57H92FN5O12. The number of cyclic esters (lactones) is 1. The average molecular weight is 1060 g/mol. The Kier molecular flexibility index (Phi) is 20.0. The van der Waals surface area contributed by atoms with Gasteiger partial charge in [0.25, 0.3) is 0 Å². The molecule has 6 rings (SSSR count). The highest BCUT2D eigenvalue weighted by molar-refractivity contribution is 5.89. The molecule has 5 aliphatic rings. The number of hydrogen-bond donors (Lipinski definition) is 4. The van der Waals surface area contributed by atoms with E-state index in [1.165, 1.54) is 14.2 Å². The topological polar surface area (TPSA) is 184 Å². The van der Waals surface area contributed by atoms with Crippen LogP contribution in [0.3, 0.4) is 0 Å². The SMILES string of the molecule is C#C[C@@]1(O)C[C@@H](C)CN(C)[C@H](C)C2(CC2)[C@](C)(O)[C@@H](CC)OC(=O)[C@H](C)[C@@H](C2C[C@@](C)(OC)[C@@H](O)[C@H](C)O2)[C@H](C)[C@H]1O[C@H]1C[C@@H](N(C)CCC2=CN([C@H](CF)[C@H](OC)c3ccc(C(=O)OC)cc3)N(C)N2)C[C@@H](C)O1. The minimum Gasteiger partial charge on any atom is -0.465 e. The van der Waals surface area contributed by atoms with E-state index >= 15 is 4.39 Å². The molecule has 0 aromatic heterocycles. The van der Waals surface area contributed by atoms with Crippen LogP contribution >= 0.6 is 0 Å². The number of carbonyl (C=O) groups is 2. The molecule has 4 aliphatic heterocycles. The lowest BCUT2D eigenvalue weighted by atomic mass is 9.68. The van der Waals surface area contributed by atoms with E-state index < -0.39 is 108 Å². The van der Waals surface area contributed by atoms with E-state index in [0.717, 1.165) is 18.5 Å². The fourth-order valence-corrected chi connectivity index (χ4v) is 13.4. The lowest BCUT2D eigenvalue weighted by Gasteiger charge is -2.51. The monoisotopic (exact) mass is 1060 g/mol. The van der Waals surface area contributed by atoms with Crippen molar-refractivity contribution in [3.63, 3.8) is 0 Å². The maximum atomic E-state index is 15.0. The molecule has 0 bridgehead atoms. The second-order valence-corrected chi connectivity index (χ2v) is 23.4. The van der Waals surface area contributed by atoms with Crippen molar-refractivity contribution in [1.29, 1.82) is 0 Å². The smallest absolute Gasteiger partial charge is 0.337 e. The predicted molar refractivity (Wildman–Crippen MR) is 282 cm³/mol. The lowest BCUT2D eigenvalue weighted by Crippen LogP contribution is -2.61. The first-order valence-corrected chi connectivity index (χ1v) is 27.3. The molecular weight excluding hydrogens is 966 g/mol. The normalized spacial score (nSPS) is 39.1. The zero-order valence-corrected chi connectivity index (χ0v) is 47.6. The van der Waals surface area contributed by atoms with Crippen molar-refractivity contribution in [2.24, 2.45) is 29.1 Å². The molecule has 4 N–H and O–H groups in total. The predicted octanol–water partition coefficient (Wildman–Crippen LogP) is 6.02. The van der Waals surface area contributed by atoms with Crippen molar-refractivity contribution in [1.82, 2.24) is 25.4 Å². The Morgan fingerprint density at radius 2 is 1.69 bits per heavy atom. The summed E-state index contributed by atoms with van der Waals surface area (Å²) in [4.78, 5) is 31.4. The summed E-state index contributed by atoms with van der Waals surface area (Å²) in [6.45, 7) is 17.8. The summed E-state index contributed by atoms with van der Waals surface area (Å²) in [6, 6.07) is 5.95. The van der Waals surface area contributed by atoms with Gasteiger partial charge in [0.05, 0.1) is 42.5 Å². The van der Waals surface area contributed by atoms with Crippen LogP contribution < -0.4 is 5.43 Å². The third-order valence-electron chi connectivity index (χ3n) is 18.3.